The minimum Gasteiger partial charge on any atom is -0.397 e. The van der Waals surface area contributed by atoms with Crippen LogP contribution >= 0.6 is 0 Å². The Bertz CT molecular complexity index is 456. The summed E-state index contributed by atoms with van der Waals surface area (Å²) in [6.45, 7) is 1.17. The summed E-state index contributed by atoms with van der Waals surface area (Å²) >= 11 is 0. The van der Waals surface area contributed by atoms with Gasteiger partial charge in [0, 0.05) is 25.1 Å². The number of nitrogens with one attached hydrogen (secondary N) is 1. The van der Waals surface area contributed by atoms with E-state index < -0.39 is 11.5 Å². The third-order valence-electron chi connectivity index (χ3n) is 3.03. The molecule has 18 heavy (non-hydrogen) atoms. The van der Waals surface area contributed by atoms with Crippen molar-refractivity contribution in [1.29, 1.82) is 0 Å². The monoisotopic (exact) mass is 251 g/mol. The third-order valence-corrected chi connectivity index (χ3v) is 3.03. The number of aliphatic hydroxyl groups is 1. The molecule has 2 rings (SSSR count). The Hall–Kier alpha value is -1.79. The molecule has 6 nitrogen and oxygen atoms in total. The van der Waals surface area contributed by atoms with Crippen LogP contribution < -0.4 is 16.8 Å². The SMILES string of the molecule is NC(=O)c1ccc(N)c(NCC2(O)CCOC2)c1. The zero-order valence-corrected chi connectivity index (χ0v) is 9.98. The second-order valence-corrected chi connectivity index (χ2v) is 4.55. The predicted octanol–water partition coefficient (Wildman–Crippen LogP) is -0.0690. The number of ether oxygens (including phenoxy) is 1. The van der Waals surface area contributed by atoms with Gasteiger partial charge in [-0.05, 0) is 18.2 Å². The molecule has 1 aromatic rings. The summed E-state index contributed by atoms with van der Waals surface area (Å²) in [5.74, 6) is -0.513. The van der Waals surface area contributed by atoms with Crippen LogP contribution in [0.25, 0.3) is 0 Å². The van der Waals surface area contributed by atoms with E-state index in [1.54, 1.807) is 18.2 Å². The first-order chi connectivity index (χ1) is 8.50. The number of carbonyl (C=O) groups is 1. The minimum absolute atomic E-state index is 0.301. The van der Waals surface area contributed by atoms with E-state index in [0.717, 1.165) is 0 Å². The Morgan fingerprint density at radius 3 is 2.94 bits per heavy atom. The van der Waals surface area contributed by atoms with E-state index in [-0.39, 0.29) is 0 Å². The molecule has 1 amide bonds. The minimum atomic E-state index is -0.880. The van der Waals surface area contributed by atoms with Crippen molar-refractivity contribution in [3.05, 3.63) is 23.8 Å². The van der Waals surface area contributed by atoms with Crippen molar-refractivity contribution < 1.29 is 14.6 Å². The highest BCUT2D eigenvalue weighted by atomic mass is 16.5. The Labute approximate surface area is 105 Å². The standard InChI is InChI=1S/C12H17N3O3/c13-9-2-1-8(11(14)16)5-10(9)15-6-12(17)3-4-18-7-12/h1-2,5,15,17H,3-4,6-7,13H2,(H2,14,16). The first-order valence-electron chi connectivity index (χ1n) is 5.73. The maximum Gasteiger partial charge on any atom is 0.248 e. The second-order valence-electron chi connectivity index (χ2n) is 4.55. The number of benzene rings is 1. The molecule has 1 heterocycles. The van der Waals surface area contributed by atoms with Crippen molar-refractivity contribution in [3.63, 3.8) is 0 Å². The zero-order chi connectivity index (χ0) is 13.2. The molecule has 1 aliphatic heterocycles. The summed E-state index contributed by atoms with van der Waals surface area (Å²) in [5, 5.41) is 13.1. The van der Waals surface area contributed by atoms with Crippen molar-refractivity contribution in [2.45, 2.75) is 12.0 Å². The van der Waals surface area contributed by atoms with Gasteiger partial charge in [0.1, 0.15) is 5.60 Å². The van der Waals surface area contributed by atoms with Crippen LogP contribution in [0.3, 0.4) is 0 Å². The molecule has 0 aromatic heterocycles. The Kier molecular flexibility index (Phi) is 3.40. The van der Waals surface area contributed by atoms with Crippen LogP contribution in [-0.2, 0) is 4.74 Å². The summed E-state index contributed by atoms with van der Waals surface area (Å²) in [5.41, 5.74) is 11.6. The lowest BCUT2D eigenvalue weighted by atomic mass is 10.0. The Morgan fingerprint density at radius 2 is 2.33 bits per heavy atom. The first-order valence-corrected chi connectivity index (χ1v) is 5.73. The van der Waals surface area contributed by atoms with Gasteiger partial charge in [-0.25, -0.2) is 0 Å². The fourth-order valence-corrected chi connectivity index (χ4v) is 1.86. The van der Waals surface area contributed by atoms with Crippen LogP contribution in [0, 0.1) is 0 Å². The van der Waals surface area contributed by atoms with Gasteiger partial charge < -0.3 is 26.6 Å². The molecule has 98 valence electrons. The predicted molar refractivity (Wildman–Crippen MR) is 68.2 cm³/mol. The Morgan fingerprint density at radius 1 is 1.56 bits per heavy atom. The second kappa shape index (κ2) is 4.83. The molecule has 1 unspecified atom stereocenters. The lowest BCUT2D eigenvalue weighted by Gasteiger charge is -2.22. The smallest absolute Gasteiger partial charge is 0.248 e. The Balaban J connectivity index is 2.08. The number of hydrogen-bond donors (Lipinski definition) is 4. The highest BCUT2D eigenvalue weighted by Crippen LogP contribution is 2.23. The van der Waals surface area contributed by atoms with Crippen molar-refractivity contribution in [2.75, 3.05) is 30.8 Å². The highest BCUT2D eigenvalue weighted by molar-refractivity contribution is 5.94. The van der Waals surface area contributed by atoms with E-state index >= 15 is 0 Å². The lowest BCUT2D eigenvalue weighted by molar-refractivity contribution is 0.0382. The van der Waals surface area contributed by atoms with Crippen LogP contribution in [-0.4, -0.2) is 36.4 Å². The van der Waals surface area contributed by atoms with Crippen LogP contribution in [0.15, 0.2) is 18.2 Å². The molecule has 6 heteroatoms. The van der Waals surface area contributed by atoms with Crippen molar-refractivity contribution in [1.82, 2.24) is 0 Å². The van der Waals surface area contributed by atoms with E-state index in [0.29, 0.717) is 43.1 Å². The largest absolute Gasteiger partial charge is 0.397 e. The fourth-order valence-electron chi connectivity index (χ4n) is 1.86. The number of nitrogen functional groups attached to an aromatic ring is 1. The molecule has 0 saturated carbocycles. The molecule has 1 fully saturated rings. The van der Waals surface area contributed by atoms with Crippen molar-refractivity contribution in [2.24, 2.45) is 5.73 Å². The van der Waals surface area contributed by atoms with Crippen molar-refractivity contribution >= 4 is 17.3 Å². The van der Waals surface area contributed by atoms with Crippen LogP contribution in [0.2, 0.25) is 0 Å². The first kappa shape index (κ1) is 12.7. The summed E-state index contributed by atoms with van der Waals surface area (Å²) in [6.07, 6.45) is 0.579. The van der Waals surface area contributed by atoms with E-state index in [1.807, 2.05) is 0 Å². The maximum atomic E-state index is 11.1. The average Bonchev–Trinajstić information content (AvgIpc) is 2.75. The quantitative estimate of drug-likeness (QED) is 0.560. The molecule has 6 N–H and O–H groups in total. The number of amides is 1. The summed E-state index contributed by atoms with van der Waals surface area (Å²) < 4.78 is 5.15. The number of anilines is 2. The zero-order valence-electron chi connectivity index (χ0n) is 9.98. The summed E-state index contributed by atoms with van der Waals surface area (Å²) in [4.78, 5) is 11.1. The van der Waals surface area contributed by atoms with Gasteiger partial charge in [-0.15, -0.1) is 0 Å². The number of carbonyl (C=O) groups excluding carboxylic acids is 1. The van der Waals surface area contributed by atoms with E-state index in [9.17, 15) is 9.90 Å². The van der Waals surface area contributed by atoms with Crippen LogP contribution in [0.5, 0.6) is 0 Å². The van der Waals surface area contributed by atoms with Gasteiger partial charge in [0.2, 0.25) is 5.91 Å². The van der Waals surface area contributed by atoms with Crippen LogP contribution in [0.4, 0.5) is 11.4 Å². The van der Waals surface area contributed by atoms with Gasteiger partial charge >= 0.3 is 0 Å². The molecular weight excluding hydrogens is 234 g/mol. The number of rotatable bonds is 4. The molecule has 1 aliphatic rings. The van der Waals surface area contributed by atoms with Gasteiger partial charge in [-0.1, -0.05) is 0 Å². The number of hydrogen-bond acceptors (Lipinski definition) is 5. The van der Waals surface area contributed by atoms with E-state index in [4.69, 9.17) is 16.2 Å². The van der Waals surface area contributed by atoms with Gasteiger partial charge in [-0.3, -0.25) is 4.79 Å². The topological polar surface area (TPSA) is 111 Å². The normalized spacial score (nSPS) is 22.9. The molecule has 1 atom stereocenters. The molecular formula is C12H17N3O3. The molecule has 0 spiro atoms. The van der Waals surface area contributed by atoms with Gasteiger partial charge in [0.05, 0.1) is 18.0 Å². The lowest BCUT2D eigenvalue weighted by Crippen LogP contribution is -2.37. The summed E-state index contributed by atoms with van der Waals surface area (Å²) in [7, 11) is 0. The maximum absolute atomic E-state index is 11.1. The van der Waals surface area contributed by atoms with Gasteiger partial charge in [0.15, 0.2) is 0 Å². The molecule has 1 aromatic carbocycles. The van der Waals surface area contributed by atoms with Gasteiger partial charge in [0.25, 0.3) is 0 Å². The highest BCUT2D eigenvalue weighted by Gasteiger charge is 2.32. The molecule has 1 saturated heterocycles. The molecule has 0 radical (unpaired) electrons. The fraction of sp³-hybridized carbons (Fsp3) is 0.417. The van der Waals surface area contributed by atoms with Crippen LogP contribution in [0.1, 0.15) is 16.8 Å². The third kappa shape index (κ3) is 2.72. The number of primary amides is 1. The molecule has 0 aliphatic carbocycles. The average molecular weight is 251 g/mol. The summed E-state index contributed by atoms with van der Waals surface area (Å²) in [6, 6.07) is 4.75. The van der Waals surface area contributed by atoms with E-state index in [1.165, 1.54) is 0 Å². The van der Waals surface area contributed by atoms with Crippen molar-refractivity contribution in [3.8, 4) is 0 Å². The number of nitrogens with two attached hydrogens (primary N) is 2. The van der Waals surface area contributed by atoms with E-state index in [2.05, 4.69) is 5.32 Å². The van der Waals surface area contributed by atoms with Gasteiger partial charge in [-0.2, -0.15) is 0 Å². The molecule has 0 bridgehead atoms.